The summed E-state index contributed by atoms with van der Waals surface area (Å²) in [5.41, 5.74) is 4.53. The zero-order valence-corrected chi connectivity index (χ0v) is 16.1. The maximum Gasteiger partial charge on any atom is 0.254 e. The van der Waals surface area contributed by atoms with Crippen molar-refractivity contribution in [3.05, 3.63) is 102 Å². The maximum atomic E-state index is 13.2. The summed E-state index contributed by atoms with van der Waals surface area (Å²) < 4.78 is 0. The number of nitrogens with zero attached hydrogens (tertiary/aromatic N) is 2. The van der Waals surface area contributed by atoms with Gasteiger partial charge in [-0.2, -0.15) is 0 Å². The van der Waals surface area contributed by atoms with Gasteiger partial charge in [0.25, 0.3) is 5.91 Å². The summed E-state index contributed by atoms with van der Waals surface area (Å²) in [6.45, 7) is 3.28. The molecule has 3 aromatic carbocycles. The highest BCUT2D eigenvalue weighted by molar-refractivity contribution is 5.95. The Morgan fingerprint density at radius 1 is 0.679 bits per heavy atom. The molecule has 28 heavy (non-hydrogen) atoms. The molecule has 0 radical (unpaired) electrons. The van der Waals surface area contributed by atoms with Gasteiger partial charge >= 0.3 is 0 Å². The van der Waals surface area contributed by atoms with Crippen LogP contribution < -0.4 is 4.90 Å². The molecule has 1 amide bonds. The molecular weight excluding hydrogens is 344 g/mol. The Labute approximate surface area is 167 Å². The minimum absolute atomic E-state index is 0.163. The van der Waals surface area contributed by atoms with E-state index in [1.807, 2.05) is 35.2 Å². The first-order chi connectivity index (χ1) is 13.8. The van der Waals surface area contributed by atoms with Crippen molar-refractivity contribution in [2.45, 2.75) is 12.8 Å². The van der Waals surface area contributed by atoms with Gasteiger partial charge in [-0.1, -0.05) is 66.7 Å². The van der Waals surface area contributed by atoms with Gasteiger partial charge in [0.1, 0.15) is 0 Å². The first-order valence-corrected chi connectivity index (χ1v) is 10.0. The molecule has 1 fully saturated rings. The highest BCUT2D eigenvalue weighted by Gasteiger charge is 2.23. The minimum atomic E-state index is 0.163. The number of hydrogen-bond acceptors (Lipinski definition) is 2. The number of amides is 1. The summed E-state index contributed by atoms with van der Waals surface area (Å²) in [5.74, 6) is 0.163. The van der Waals surface area contributed by atoms with E-state index in [1.165, 1.54) is 11.3 Å². The largest absolute Gasteiger partial charge is 0.368 e. The molecule has 1 aliphatic rings. The topological polar surface area (TPSA) is 23.6 Å². The predicted molar refractivity (Wildman–Crippen MR) is 115 cm³/mol. The number of aryl methyl sites for hydroxylation is 2. The van der Waals surface area contributed by atoms with Crippen molar-refractivity contribution in [2.75, 3.05) is 31.1 Å². The van der Waals surface area contributed by atoms with E-state index in [4.69, 9.17) is 0 Å². The number of hydrogen-bond donors (Lipinski definition) is 0. The standard InChI is InChI=1S/C25H26N2O/c28-25(27-19-17-26(18-20-27)23-12-5-2-6-13-23)24-14-8-7-11-22(24)16-15-21-9-3-1-4-10-21/h1-14H,15-20H2. The smallest absolute Gasteiger partial charge is 0.254 e. The molecule has 1 aliphatic heterocycles. The average Bonchev–Trinajstić information content (AvgIpc) is 2.79. The van der Waals surface area contributed by atoms with Crippen molar-refractivity contribution in [3.63, 3.8) is 0 Å². The molecule has 3 heteroatoms. The van der Waals surface area contributed by atoms with Crippen LogP contribution in [0.1, 0.15) is 21.5 Å². The average molecular weight is 370 g/mol. The third-order valence-electron chi connectivity index (χ3n) is 5.46. The Hall–Kier alpha value is -3.07. The SMILES string of the molecule is O=C(c1ccccc1CCc1ccccc1)N1CCN(c2ccccc2)CC1. The van der Waals surface area contributed by atoms with Gasteiger partial charge in [-0.15, -0.1) is 0 Å². The Morgan fingerprint density at radius 2 is 1.29 bits per heavy atom. The zero-order chi connectivity index (χ0) is 19.2. The van der Waals surface area contributed by atoms with Crippen molar-refractivity contribution >= 4 is 11.6 Å². The van der Waals surface area contributed by atoms with E-state index in [9.17, 15) is 4.79 Å². The number of benzene rings is 3. The fourth-order valence-electron chi connectivity index (χ4n) is 3.85. The molecule has 3 aromatic rings. The van der Waals surface area contributed by atoms with Crippen LogP contribution in [-0.4, -0.2) is 37.0 Å². The van der Waals surface area contributed by atoms with Crippen molar-refractivity contribution in [1.82, 2.24) is 4.90 Å². The molecule has 0 atom stereocenters. The number of carbonyl (C=O) groups is 1. The number of para-hydroxylation sites is 1. The summed E-state index contributed by atoms with van der Waals surface area (Å²) in [5, 5.41) is 0. The fraction of sp³-hybridized carbons (Fsp3) is 0.240. The van der Waals surface area contributed by atoms with Crippen molar-refractivity contribution in [3.8, 4) is 0 Å². The van der Waals surface area contributed by atoms with Crippen molar-refractivity contribution in [1.29, 1.82) is 0 Å². The van der Waals surface area contributed by atoms with E-state index >= 15 is 0 Å². The summed E-state index contributed by atoms with van der Waals surface area (Å²) in [6.07, 6.45) is 1.84. The Morgan fingerprint density at radius 3 is 2.00 bits per heavy atom. The Balaban J connectivity index is 1.41. The van der Waals surface area contributed by atoms with Crippen LogP contribution in [0.2, 0.25) is 0 Å². The van der Waals surface area contributed by atoms with E-state index in [1.54, 1.807) is 0 Å². The van der Waals surface area contributed by atoms with Crippen LogP contribution in [0.5, 0.6) is 0 Å². The van der Waals surface area contributed by atoms with Crippen LogP contribution >= 0.6 is 0 Å². The first-order valence-electron chi connectivity index (χ1n) is 10.0. The monoisotopic (exact) mass is 370 g/mol. The van der Waals surface area contributed by atoms with E-state index < -0.39 is 0 Å². The van der Waals surface area contributed by atoms with Gasteiger partial charge in [0, 0.05) is 37.4 Å². The molecule has 0 spiro atoms. The minimum Gasteiger partial charge on any atom is -0.368 e. The van der Waals surface area contributed by atoms with Gasteiger partial charge < -0.3 is 9.80 Å². The maximum absolute atomic E-state index is 13.2. The van der Waals surface area contributed by atoms with Gasteiger partial charge in [-0.3, -0.25) is 4.79 Å². The zero-order valence-electron chi connectivity index (χ0n) is 16.1. The van der Waals surface area contributed by atoms with Crippen LogP contribution in [0.3, 0.4) is 0 Å². The Kier molecular flexibility index (Phi) is 5.72. The van der Waals surface area contributed by atoms with Gasteiger partial charge in [-0.25, -0.2) is 0 Å². The van der Waals surface area contributed by atoms with E-state index in [0.29, 0.717) is 0 Å². The lowest BCUT2D eigenvalue weighted by atomic mass is 9.99. The van der Waals surface area contributed by atoms with Gasteiger partial charge in [0.2, 0.25) is 0 Å². The number of carbonyl (C=O) groups excluding carboxylic acids is 1. The van der Waals surface area contributed by atoms with Crippen LogP contribution in [0.15, 0.2) is 84.9 Å². The molecular formula is C25H26N2O. The van der Waals surface area contributed by atoms with Gasteiger partial charge in [0.05, 0.1) is 0 Å². The molecule has 1 saturated heterocycles. The molecule has 0 bridgehead atoms. The number of anilines is 1. The highest BCUT2D eigenvalue weighted by atomic mass is 16.2. The van der Waals surface area contributed by atoms with Gasteiger partial charge in [-0.05, 0) is 42.2 Å². The molecule has 4 rings (SSSR count). The number of piperazine rings is 1. The predicted octanol–water partition coefficient (Wildman–Crippen LogP) is 4.43. The second-order valence-electron chi connectivity index (χ2n) is 7.26. The molecule has 142 valence electrons. The Bertz CT molecular complexity index is 900. The molecule has 0 aromatic heterocycles. The first kappa shape index (κ1) is 18.3. The van der Waals surface area contributed by atoms with Crippen LogP contribution in [0.4, 0.5) is 5.69 Å². The number of rotatable bonds is 5. The molecule has 0 saturated carbocycles. The van der Waals surface area contributed by atoms with Crippen LogP contribution in [0.25, 0.3) is 0 Å². The molecule has 3 nitrogen and oxygen atoms in total. The summed E-state index contributed by atoms with van der Waals surface area (Å²) >= 11 is 0. The summed E-state index contributed by atoms with van der Waals surface area (Å²) in [7, 11) is 0. The summed E-state index contributed by atoms with van der Waals surface area (Å²) in [4.78, 5) is 17.5. The van der Waals surface area contributed by atoms with Crippen molar-refractivity contribution in [2.24, 2.45) is 0 Å². The highest BCUT2D eigenvalue weighted by Crippen LogP contribution is 2.19. The lowest BCUT2D eigenvalue weighted by molar-refractivity contribution is 0.0745. The third kappa shape index (κ3) is 4.25. The quantitative estimate of drug-likeness (QED) is 0.663. The normalized spacial score (nSPS) is 14.1. The fourth-order valence-corrected chi connectivity index (χ4v) is 3.85. The summed E-state index contributed by atoms with van der Waals surface area (Å²) in [6, 6.07) is 29.0. The van der Waals surface area contributed by atoms with Crippen molar-refractivity contribution < 1.29 is 4.79 Å². The molecule has 0 N–H and O–H groups in total. The molecule has 0 aliphatic carbocycles. The lowest BCUT2D eigenvalue weighted by Crippen LogP contribution is -2.49. The second kappa shape index (κ2) is 8.75. The molecule has 0 unspecified atom stereocenters. The molecule has 1 heterocycles. The van der Waals surface area contributed by atoms with Crippen LogP contribution in [0, 0.1) is 0 Å². The third-order valence-corrected chi connectivity index (χ3v) is 5.46. The van der Waals surface area contributed by atoms with E-state index in [-0.39, 0.29) is 5.91 Å². The second-order valence-corrected chi connectivity index (χ2v) is 7.26. The van der Waals surface area contributed by atoms with Crippen LogP contribution in [-0.2, 0) is 12.8 Å². The van der Waals surface area contributed by atoms with Gasteiger partial charge in [0.15, 0.2) is 0 Å². The van der Waals surface area contributed by atoms with E-state index in [2.05, 4.69) is 59.5 Å². The lowest BCUT2D eigenvalue weighted by Gasteiger charge is -2.36. The van der Waals surface area contributed by atoms with E-state index in [0.717, 1.165) is 50.1 Å².